The van der Waals surface area contributed by atoms with Gasteiger partial charge < -0.3 is 9.15 Å². The number of nitrogens with zero attached hydrogens (tertiary/aromatic N) is 2. The smallest absolute Gasteiger partial charge is 0.415 e. The molecule has 2 aromatic carbocycles. The Balaban J connectivity index is 1.62. The van der Waals surface area contributed by atoms with Gasteiger partial charge in [-0.15, -0.1) is 0 Å². The highest BCUT2D eigenvalue weighted by Crippen LogP contribution is 2.36. The molecule has 0 unspecified atom stereocenters. The van der Waals surface area contributed by atoms with E-state index in [9.17, 15) is 9.59 Å². The van der Waals surface area contributed by atoms with E-state index < -0.39 is 5.54 Å². The lowest BCUT2D eigenvalue weighted by atomic mass is 9.96. The minimum absolute atomic E-state index is 0.0152. The summed E-state index contributed by atoms with van der Waals surface area (Å²) >= 11 is 6.27. The zero-order valence-corrected chi connectivity index (χ0v) is 21.2. The van der Waals surface area contributed by atoms with Crippen LogP contribution in [0, 0.1) is 0 Å². The van der Waals surface area contributed by atoms with Crippen molar-refractivity contribution in [1.29, 1.82) is 0 Å². The number of amides is 1. The molecule has 1 fully saturated rings. The van der Waals surface area contributed by atoms with Crippen LogP contribution in [0.2, 0.25) is 5.15 Å². The number of carbonyl (C=O) groups is 1. The molecule has 2 aromatic heterocycles. The minimum atomic E-state index is -0.497. The average molecular weight is 503 g/mol. The lowest BCUT2D eigenvalue weighted by Crippen LogP contribution is -2.47. The molecule has 0 saturated heterocycles. The summed E-state index contributed by atoms with van der Waals surface area (Å²) in [6, 6.07) is 18.4. The van der Waals surface area contributed by atoms with E-state index in [1.54, 1.807) is 11.0 Å². The first-order valence-corrected chi connectivity index (χ1v) is 12.4. The van der Waals surface area contributed by atoms with Gasteiger partial charge in [-0.3, -0.25) is 9.69 Å². The summed E-state index contributed by atoms with van der Waals surface area (Å²) in [5.41, 5.74) is 2.07. The summed E-state index contributed by atoms with van der Waals surface area (Å²) in [6.45, 7) is 5.89. The Morgan fingerprint density at radius 2 is 1.72 bits per heavy atom. The minimum Gasteiger partial charge on any atom is -0.452 e. The predicted octanol–water partition coefficient (Wildman–Crippen LogP) is 7.47. The lowest BCUT2D eigenvalue weighted by Gasteiger charge is -2.37. The summed E-state index contributed by atoms with van der Waals surface area (Å²) in [5.74, 6) is 0.410. The van der Waals surface area contributed by atoms with Crippen molar-refractivity contribution in [2.75, 3.05) is 4.90 Å². The number of aromatic nitrogens is 1. The number of hydrogen-bond acceptors (Lipinski definition) is 5. The van der Waals surface area contributed by atoms with Gasteiger partial charge in [0.1, 0.15) is 11.9 Å². The number of fused-ring (bicyclic) bond motifs is 1. The zero-order chi connectivity index (χ0) is 25.4. The van der Waals surface area contributed by atoms with E-state index in [1.165, 1.54) is 6.20 Å². The topological polar surface area (TPSA) is 72.6 Å². The maximum absolute atomic E-state index is 13.7. The molecule has 0 atom stereocenters. The Kier molecular flexibility index (Phi) is 6.31. The van der Waals surface area contributed by atoms with Crippen LogP contribution in [0.4, 0.5) is 10.5 Å². The number of pyridine rings is 1. The maximum atomic E-state index is 13.7. The van der Waals surface area contributed by atoms with E-state index in [0.717, 1.165) is 24.8 Å². The normalized spacial score (nSPS) is 13.9. The first-order valence-electron chi connectivity index (χ1n) is 12.0. The van der Waals surface area contributed by atoms with Gasteiger partial charge in [-0.1, -0.05) is 54.1 Å². The van der Waals surface area contributed by atoms with Crippen molar-refractivity contribution in [1.82, 2.24) is 4.98 Å². The molecule has 1 aliphatic rings. The number of hydrogen-bond donors (Lipinski definition) is 0. The van der Waals surface area contributed by atoms with Gasteiger partial charge in [0.25, 0.3) is 0 Å². The fourth-order valence-corrected chi connectivity index (χ4v) is 4.57. The summed E-state index contributed by atoms with van der Waals surface area (Å²) in [4.78, 5) is 32.5. The molecule has 2 heterocycles. The molecule has 6 nitrogen and oxygen atoms in total. The zero-order valence-electron chi connectivity index (χ0n) is 20.5. The second-order valence-electron chi connectivity index (χ2n) is 9.97. The number of halogens is 1. The average Bonchev–Trinajstić information content (AvgIpc) is 2.82. The SMILES string of the molecule is CC(C)(C)N(C(=O)OC1CCC1)c1ccc(-c2c(-c3ccccc3)oc3c(Cl)nccc3c2=O)cc1. The van der Waals surface area contributed by atoms with Gasteiger partial charge in [0, 0.05) is 23.0 Å². The van der Waals surface area contributed by atoms with Gasteiger partial charge >= 0.3 is 6.09 Å². The molecule has 0 N–H and O–H groups in total. The molecule has 1 aliphatic carbocycles. The highest BCUT2D eigenvalue weighted by molar-refractivity contribution is 6.33. The summed E-state index contributed by atoms with van der Waals surface area (Å²) in [5, 5.41) is 0.489. The van der Waals surface area contributed by atoms with E-state index in [1.807, 2.05) is 75.4 Å². The maximum Gasteiger partial charge on any atom is 0.415 e. The summed E-state index contributed by atoms with van der Waals surface area (Å²) < 4.78 is 11.9. The molecular formula is C29H27ClN2O4. The van der Waals surface area contributed by atoms with Crippen LogP contribution in [-0.2, 0) is 4.74 Å². The van der Waals surface area contributed by atoms with Gasteiger partial charge in [-0.05, 0) is 63.8 Å². The van der Waals surface area contributed by atoms with E-state index in [-0.39, 0.29) is 28.4 Å². The van der Waals surface area contributed by atoms with Crippen molar-refractivity contribution >= 4 is 34.4 Å². The van der Waals surface area contributed by atoms with Gasteiger partial charge in [0.2, 0.25) is 5.43 Å². The summed E-state index contributed by atoms with van der Waals surface area (Å²) in [6.07, 6.45) is 4.01. The fourth-order valence-electron chi connectivity index (χ4n) is 4.37. The van der Waals surface area contributed by atoms with Gasteiger partial charge in [0.15, 0.2) is 10.7 Å². The van der Waals surface area contributed by atoms with Crippen molar-refractivity contribution in [3.63, 3.8) is 0 Å². The van der Waals surface area contributed by atoms with Crippen LogP contribution in [0.25, 0.3) is 33.4 Å². The van der Waals surface area contributed by atoms with E-state index >= 15 is 0 Å². The molecule has 0 spiro atoms. The van der Waals surface area contributed by atoms with Crippen LogP contribution in [-0.4, -0.2) is 22.7 Å². The van der Waals surface area contributed by atoms with Crippen molar-refractivity contribution in [2.24, 2.45) is 0 Å². The predicted molar refractivity (Wildman–Crippen MR) is 143 cm³/mol. The van der Waals surface area contributed by atoms with Gasteiger partial charge in [0.05, 0.1) is 10.9 Å². The first kappa shape index (κ1) is 24.1. The Morgan fingerprint density at radius 1 is 1.03 bits per heavy atom. The second-order valence-corrected chi connectivity index (χ2v) is 10.3. The monoisotopic (exact) mass is 502 g/mol. The molecule has 36 heavy (non-hydrogen) atoms. The van der Waals surface area contributed by atoms with E-state index in [0.29, 0.717) is 28.0 Å². The van der Waals surface area contributed by atoms with Crippen LogP contribution in [0.1, 0.15) is 40.0 Å². The van der Waals surface area contributed by atoms with Crippen LogP contribution in [0.3, 0.4) is 0 Å². The Bertz CT molecular complexity index is 1470. The number of anilines is 1. The third-order valence-corrected chi connectivity index (χ3v) is 6.66. The molecular weight excluding hydrogens is 476 g/mol. The lowest BCUT2D eigenvalue weighted by molar-refractivity contribution is 0.0546. The van der Waals surface area contributed by atoms with E-state index in [4.69, 9.17) is 20.8 Å². The fraction of sp³-hybridized carbons (Fsp3) is 0.276. The highest BCUT2D eigenvalue weighted by Gasteiger charge is 2.33. The van der Waals surface area contributed by atoms with E-state index in [2.05, 4.69) is 4.98 Å². The molecule has 0 aliphatic heterocycles. The standard InChI is InChI=1S/C29H27ClN2O4/c1-29(2,3)32(28(34)35-21-10-7-11-21)20-14-12-18(13-15-20)23-24(33)22-16-17-31-27(30)26(22)36-25(23)19-8-5-4-6-9-19/h4-6,8-9,12-17,21H,7,10-11H2,1-3H3. The van der Waals surface area contributed by atoms with Crippen molar-refractivity contribution in [3.8, 4) is 22.5 Å². The Hall–Kier alpha value is -3.64. The summed E-state index contributed by atoms with van der Waals surface area (Å²) in [7, 11) is 0. The first-order chi connectivity index (χ1) is 17.2. The number of benzene rings is 2. The quantitative estimate of drug-likeness (QED) is 0.270. The molecule has 1 saturated carbocycles. The van der Waals surface area contributed by atoms with Crippen LogP contribution in [0.15, 0.2) is 76.1 Å². The Morgan fingerprint density at radius 3 is 2.33 bits per heavy atom. The Labute approximate surface area is 214 Å². The van der Waals surface area contributed by atoms with Crippen LogP contribution < -0.4 is 10.3 Å². The van der Waals surface area contributed by atoms with Gasteiger partial charge in [-0.25, -0.2) is 9.78 Å². The molecule has 5 rings (SSSR count). The second kappa shape index (κ2) is 9.43. The van der Waals surface area contributed by atoms with Crippen molar-refractivity contribution in [2.45, 2.75) is 51.7 Å². The van der Waals surface area contributed by atoms with Crippen molar-refractivity contribution in [3.05, 3.63) is 82.2 Å². The molecule has 184 valence electrons. The molecule has 1 amide bonds. The highest BCUT2D eigenvalue weighted by atomic mass is 35.5. The van der Waals surface area contributed by atoms with Gasteiger partial charge in [-0.2, -0.15) is 0 Å². The van der Waals surface area contributed by atoms with Crippen molar-refractivity contribution < 1.29 is 13.9 Å². The largest absolute Gasteiger partial charge is 0.452 e. The molecule has 7 heteroatoms. The number of rotatable bonds is 4. The number of ether oxygens (including phenoxy) is 1. The third kappa shape index (κ3) is 4.49. The molecule has 0 radical (unpaired) electrons. The molecule has 4 aromatic rings. The van der Waals surface area contributed by atoms with Crippen LogP contribution in [0.5, 0.6) is 0 Å². The number of carbonyl (C=O) groups excluding carboxylic acids is 1. The molecule has 0 bridgehead atoms. The third-order valence-electron chi connectivity index (χ3n) is 6.39. The van der Waals surface area contributed by atoms with Crippen LogP contribution >= 0.6 is 11.6 Å².